The summed E-state index contributed by atoms with van der Waals surface area (Å²) < 4.78 is 33.2. The molecule has 0 atom stereocenters. The summed E-state index contributed by atoms with van der Waals surface area (Å²) in [5.74, 6) is -1.31. The van der Waals surface area contributed by atoms with Crippen LogP contribution in [0.3, 0.4) is 0 Å². The van der Waals surface area contributed by atoms with Crippen LogP contribution in [-0.2, 0) is 14.3 Å². The lowest BCUT2D eigenvalue weighted by atomic mass is 9.77. The van der Waals surface area contributed by atoms with Gasteiger partial charge in [0.25, 0.3) is 5.91 Å². The lowest BCUT2D eigenvalue weighted by Gasteiger charge is -2.39. The Labute approximate surface area is 193 Å². The predicted octanol–water partition coefficient (Wildman–Crippen LogP) is 3.54. The Bertz CT molecular complexity index is 904. The fourth-order valence-corrected chi connectivity index (χ4v) is 5.24. The van der Waals surface area contributed by atoms with E-state index in [-0.39, 0.29) is 0 Å². The third-order valence-electron chi connectivity index (χ3n) is 7.43. The SMILES string of the molecule is NC(=O)C1(OC(=O)C2=CCCC2)CCC(CCN2CCN(c3cc(F)ccc3F)CC2)CC1. The number of hydrogen-bond donors (Lipinski definition) is 1. The van der Waals surface area contributed by atoms with Crippen molar-refractivity contribution in [3.05, 3.63) is 41.5 Å². The number of allylic oxidation sites excluding steroid dienone is 1. The van der Waals surface area contributed by atoms with Gasteiger partial charge in [-0.3, -0.25) is 9.69 Å². The van der Waals surface area contributed by atoms with Crippen LogP contribution in [0.4, 0.5) is 14.5 Å². The van der Waals surface area contributed by atoms with Crippen LogP contribution in [0.1, 0.15) is 51.4 Å². The molecule has 1 aromatic carbocycles. The Kier molecular flexibility index (Phi) is 7.32. The van der Waals surface area contributed by atoms with Crippen LogP contribution < -0.4 is 10.6 Å². The summed E-state index contributed by atoms with van der Waals surface area (Å²) in [5.41, 5.74) is 5.47. The van der Waals surface area contributed by atoms with Gasteiger partial charge in [0.2, 0.25) is 0 Å². The van der Waals surface area contributed by atoms with Crippen LogP contribution in [-0.4, -0.2) is 55.1 Å². The smallest absolute Gasteiger partial charge is 0.334 e. The number of piperazine rings is 1. The van der Waals surface area contributed by atoms with Crippen LogP contribution in [0.5, 0.6) is 0 Å². The van der Waals surface area contributed by atoms with Crippen molar-refractivity contribution in [1.82, 2.24) is 4.90 Å². The molecular formula is C25H33F2N3O3. The summed E-state index contributed by atoms with van der Waals surface area (Å²) in [6.07, 6.45) is 7.94. The van der Waals surface area contributed by atoms with Gasteiger partial charge in [-0.15, -0.1) is 0 Å². The first-order chi connectivity index (χ1) is 15.9. The topological polar surface area (TPSA) is 75.9 Å². The highest BCUT2D eigenvalue weighted by Gasteiger charge is 2.44. The zero-order valence-corrected chi connectivity index (χ0v) is 19.0. The van der Waals surface area contributed by atoms with Gasteiger partial charge in [-0.25, -0.2) is 13.6 Å². The molecule has 33 heavy (non-hydrogen) atoms. The largest absolute Gasteiger partial charge is 0.446 e. The van der Waals surface area contributed by atoms with Crippen LogP contribution in [0.25, 0.3) is 0 Å². The lowest BCUT2D eigenvalue weighted by molar-refractivity contribution is -0.168. The molecule has 0 aromatic heterocycles. The first-order valence-electron chi connectivity index (χ1n) is 12.0. The average molecular weight is 462 g/mol. The second-order valence-electron chi connectivity index (χ2n) is 9.53. The van der Waals surface area contributed by atoms with Crippen molar-refractivity contribution < 1.29 is 23.1 Å². The van der Waals surface area contributed by atoms with Crippen LogP contribution in [0.2, 0.25) is 0 Å². The van der Waals surface area contributed by atoms with E-state index in [0.29, 0.717) is 49.5 Å². The Morgan fingerprint density at radius 3 is 2.48 bits per heavy atom. The second kappa shape index (κ2) is 10.2. The average Bonchev–Trinajstić information content (AvgIpc) is 3.36. The quantitative estimate of drug-likeness (QED) is 0.629. The molecular weight excluding hydrogens is 428 g/mol. The number of nitrogens with two attached hydrogens (primary N) is 1. The molecule has 0 radical (unpaired) electrons. The van der Waals surface area contributed by atoms with E-state index in [0.717, 1.165) is 57.8 Å². The van der Waals surface area contributed by atoms with Gasteiger partial charge >= 0.3 is 5.97 Å². The predicted molar refractivity (Wildman–Crippen MR) is 122 cm³/mol. The molecule has 0 unspecified atom stereocenters. The number of ether oxygens (including phenoxy) is 1. The maximum atomic E-state index is 14.0. The number of hydrogen-bond acceptors (Lipinski definition) is 5. The molecule has 0 bridgehead atoms. The normalized spacial score (nSPS) is 26.2. The van der Waals surface area contributed by atoms with Gasteiger partial charge < -0.3 is 15.4 Å². The number of carbonyl (C=O) groups excluding carboxylic acids is 2. The lowest BCUT2D eigenvalue weighted by Crippen LogP contribution is -2.50. The van der Waals surface area contributed by atoms with E-state index in [4.69, 9.17) is 10.5 Å². The highest BCUT2D eigenvalue weighted by atomic mass is 19.1. The molecule has 3 aliphatic rings. The fourth-order valence-electron chi connectivity index (χ4n) is 5.24. The molecule has 180 valence electrons. The van der Waals surface area contributed by atoms with Crippen molar-refractivity contribution >= 4 is 17.6 Å². The van der Waals surface area contributed by atoms with Gasteiger partial charge in [0.15, 0.2) is 5.60 Å². The molecule has 6 nitrogen and oxygen atoms in total. The van der Waals surface area contributed by atoms with Gasteiger partial charge in [-0.05, 0) is 76.0 Å². The zero-order valence-electron chi connectivity index (χ0n) is 19.0. The summed E-state index contributed by atoms with van der Waals surface area (Å²) >= 11 is 0. The summed E-state index contributed by atoms with van der Waals surface area (Å²) in [6, 6.07) is 3.57. The summed E-state index contributed by atoms with van der Waals surface area (Å²) in [6.45, 7) is 3.81. The van der Waals surface area contributed by atoms with Gasteiger partial charge in [-0.2, -0.15) is 0 Å². The highest BCUT2D eigenvalue weighted by Crippen LogP contribution is 2.37. The maximum absolute atomic E-state index is 14.0. The van der Waals surface area contributed by atoms with Crippen molar-refractivity contribution in [3.8, 4) is 0 Å². The van der Waals surface area contributed by atoms with Crippen LogP contribution in [0.15, 0.2) is 29.8 Å². The second-order valence-corrected chi connectivity index (χ2v) is 9.53. The zero-order chi connectivity index (χ0) is 23.4. The first-order valence-corrected chi connectivity index (χ1v) is 12.0. The number of esters is 1. The van der Waals surface area contributed by atoms with Crippen molar-refractivity contribution in [2.45, 2.75) is 57.0 Å². The number of halogens is 2. The van der Waals surface area contributed by atoms with E-state index in [2.05, 4.69) is 4.90 Å². The van der Waals surface area contributed by atoms with Crippen molar-refractivity contribution in [2.75, 3.05) is 37.6 Å². The minimum absolute atomic E-state index is 0.327. The third kappa shape index (κ3) is 5.54. The summed E-state index contributed by atoms with van der Waals surface area (Å²) in [5, 5.41) is 0. The van der Waals surface area contributed by atoms with E-state index in [1.54, 1.807) is 0 Å². The number of anilines is 1. The van der Waals surface area contributed by atoms with Gasteiger partial charge in [0, 0.05) is 37.8 Å². The highest BCUT2D eigenvalue weighted by molar-refractivity contribution is 5.93. The van der Waals surface area contributed by atoms with E-state index in [9.17, 15) is 18.4 Å². The third-order valence-corrected chi connectivity index (χ3v) is 7.43. The molecule has 1 saturated heterocycles. The molecule has 2 fully saturated rings. The van der Waals surface area contributed by atoms with E-state index in [1.807, 2.05) is 11.0 Å². The molecule has 1 aromatic rings. The maximum Gasteiger partial charge on any atom is 0.334 e. The van der Waals surface area contributed by atoms with E-state index >= 15 is 0 Å². The number of nitrogens with zero attached hydrogens (tertiary/aromatic N) is 2. The first kappa shape index (κ1) is 23.7. The minimum atomic E-state index is -1.18. The van der Waals surface area contributed by atoms with Crippen molar-refractivity contribution in [1.29, 1.82) is 0 Å². The number of amides is 1. The Balaban J connectivity index is 1.23. The molecule has 8 heteroatoms. The molecule has 4 rings (SSSR count). The van der Waals surface area contributed by atoms with Gasteiger partial charge in [0.05, 0.1) is 5.69 Å². The van der Waals surface area contributed by atoms with Crippen LogP contribution >= 0.6 is 0 Å². The fraction of sp³-hybridized carbons (Fsp3) is 0.600. The number of primary amides is 1. The number of carbonyl (C=O) groups is 2. The Hall–Kier alpha value is -2.48. The molecule has 1 heterocycles. The number of rotatable bonds is 7. The Morgan fingerprint density at radius 2 is 1.85 bits per heavy atom. The monoisotopic (exact) mass is 461 g/mol. The van der Waals surface area contributed by atoms with Crippen molar-refractivity contribution in [2.24, 2.45) is 11.7 Å². The van der Waals surface area contributed by atoms with Crippen molar-refractivity contribution in [3.63, 3.8) is 0 Å². The Morgan fingerprint density at radius 1 is 1.12 bits per heavy atom. The van der Waals surface area contributed by atoms with E-state index in [1.165, 1.54) is 12.1 Å². The van der Waals surface area contributed by atoms with Gasteiger partial charge in [-0.1, -0.05) is 6.08 Å². The summed E-state index contributed by atoms with van der Waals surface area (Å²) in [4.78, 5) is 28.9. The molecule has 1 aliphatic heterocycles. The standard InChI is InChI=1S/C25H33F2N3O3/c26-20-5-6-21(27)22(17-20)30-15-13-29(14-16-30)12-9-18-7-10-25(11-8-18,24(28)32)33-23(31)19-3-1-2-4-19/h3,5-6,17-18H,1-2,4,7-16H2,(H2,28,32). The molecule has 1 saturated carbocycles. The number of benzene rings is 1. The molecule has 2 aliphatic carbocycles. The molecule has 0 spiro atoms. The minimum Gasteiger partial charge on any atom is -0.446 e. The van der Waals surface area contributed by atoms with E-state index < -0.39 is 29.1 Å². The molecule has 1 amide bonds. The molecule has 2 N–H and O–H groups in total. The van der Waals surface area contributed by atoms with Gasteiger partial charge in [0.1, 0.15) is 11.6 Å². The summed E-state index contributed by atoms with van der Waals surface area (Å²) in [7, 11) is 0. The van der Waals surface area contributed by atoms with Crippen LogP contribution in [0, 0.1) is 17.6 Å².